The predicted molar refractivity (Wildman–Crippen MR) is 90.1 cm³/mol. The van der Waals surface area contributed by atoms with Crippen molar-refractivity contribution in [3.05, 3.63) is 57.6 Å². The first-order valence-corrected chi connectivity index (χ1v) is 9.37. The number of carbonyl (C=O) groups excluding carboxylic acids is 1. The molecule has 0 aromatic heterocycles. The number of methoxy groups -OCH3 is 1. The molecule has 0 unspecified atom stereocenters. The summed E-state index contributed by atoms with van der Waals surface area (Å²) in [6, 6.07) is 5.64. The van der Waals surface area contributed by atoms with Crippen LogP contribution in [-0.2, 0) is 21.2 Å². The number of benzene rings is 2. The fraction of sp³-hybridized carbons (Fsp3) is 0.188. The monoisotopic (exact) mass is 431 g/mol. The smallest absolute Gasteiger partial charge is 0.339 e. The molecule has 0 atom stereocenters. The summed E-state index contributed by atoms with van der Waals surface area (Å²) in [7, 11) is -3.19. The lowest BCUT2D eigenvalue weighted by atomic mass is 10.2. The third kappa shape index (κ3) is 3.02. The summed E-state index contributed by atoms with van der Waals surface area (Å²) in [5, 5.41) is 0. The number of hydrogen-bond acceptors (Lipinski definition) is 4. The van der Waals surface area contributed by atoms with Crippen LogP contribution in [0.5, 0.6) is 0 Å². The zero-order valence-corrected chi connectivity index (χ0v) is 15.3. The summed E-state index contributed by atoms with van der Waals surface area (Å²) in [5.41, 5.74) is 0.693. The van der Waals surface area contributed by atoms with Gasteiger partial charge < -0.3 is 4.74 Å². The van der Waals surface area contributed by atoms with Crippen LogP contribution < -0.4 is 4.31 Å². The van der Waals surface area contributed by atoms with Crippen LogP contribution >= 0.6 is 15.9 Å². The van der Waals surface area contributed by atoms with E-state index < -0.39 is 32.5 Å². The van der Waals surface area contributed by atoms with Crippen molar-refractivity contribution in [2.75, 3.05) is 18.0 Å². The van der Waals surface area contributed by atoms with Gasteiger partial charge in [-0.05, 0) is 52.2 Å². The van der Waals surface area contributed by atoms with Crippen LogP contribution in [0.1, 0.15) is 15.9 Å². The highest BCUT2D eigenvalue weighted by atomic mass is 79.9. The molecule has 0 aliphatic carbocycles. The number of esters is 1. The van der Waals surface area contributed by atoms with E-state index in [1.807, 2.05) is 0 Å². The van der Waals surface area contributed by atoms with Crippen LogP contribution in [0, 0.1) is 11.6 Å². The Bertz CT molecular complexity index is 978. The molecule has 1 aliphatic heterocycles. The Labute approximate surface area is 151 Å². The Hall–Kier alpha value is -2.00. The summed E-state index contributed by atoms with van der Waals surface area (Å²) >= 11 is 3.01. The number of rotatable bonds is 3. The fourth-order valence-electron chi connectivity index (χ4n) is 2.68. The average molecular weight is 432 g/mol. The maximum atomic E-state index is 14.3. The Balaban J connectivity index is 2.14. The topological polar surface area (TPSA) is 63.7 Å². The summed E-state index contributed by atoms with van der Waals surface area (Å²) in [5.74, 6) is -2.42. The van der Waals surface area contributed by atoms with E-state index in [9.17, 15) is 22.0 Å². The minimum absolute atomic E-state index is 0.0597. The number of anilines is 1. The molecule has 0 N–H and O–H groups in total. The molecule has 0 saturated heterocycles. The molecule has 1 heterocycles. The predicted octanol–water partition coefficient (Wildman–Crippen LogP) is 3.27. The first-order valence-electron chi connectivity index (χ1n) is 7.14. The van der Waals surface area contributed by atoms with Crippen LogP contribution in [0.15, 0.2) is 39.7 Å². The van der Waals surface area contributed by atoms with Crippen LogP contribution in [0.3, 0.4) is 0 Å². The Morgan fingerprint density at radius 2 is 1.96 bits per heavy atom. The molecule has 5 nitrogen and oxygen atoms in total. The van der Waals surface area contributed by atoms with E-state index in [1.54, 1.807) is 0 Å². The van der Waals surface area contributed by atoms with Crippen LogP contribution in [0.2, 0.25) is 0 Å². The van der Waals surface area contributed by atoms with Crippen molar-refractivity contribution in [3.8, 4) is 0 Å². The van der Waals surface area contributed by atoms with E-state index in [1.165, 1.54) is 12.1 Å². The molecule has 2 aromatic rings. The lowest BCUT2D eigenvalue weighted by Crippen LogP contribution is -2.30. The van der Waals surface area contributed by atoms with Crippen molar-refractivity contribution >= 4 is 37.6 Å². The van der Waals surface area contributed by atoms with Crippen molar-refractivity contribution < 1.29 is 26.7 Å². The molecule has 0 spiro atoms. The second kappa shape index (κ2) is 6.38. The number of nitrogens with zero attached hydrogens (tertiary/aromatic N) is 1. The molecule has 0 radical (unpaired) electrons. The third-order valence-corrected chi connectivity index (χ3v) is 6.38. The van der Waals surface area contributed by atoms with Gasteiger partial charge in [-0.3, -0.25) is 4.31 Å². The summed E-state index contributed by atoms with van der Waals surface area (Å²) < 4.78 is 59.2. The van der Waals surface area contributed by atoms with Gasteiger partial charge in [0.05, 0.1) is 18.4 Å². The summed E-state index contributed by atoms with van der Waals surface area (Å²) in [6.07, 6.45) is 0.386. The van der Waals surface area contributed by atoms with E-state index >= 15 is 0 Å². The molecular weight excluding hydrogens is 420 g/mol. The number of fused-ring (bicyclic) bond motifs is 1. The third-order valence-electron chi connectivity index (χ3n) is 3.90. The van der Waals surface area contributed by atoms with Crippen LogP contribution in [-0.4, -0.2) is 28.0 Å². The second-order valence-corrected chi connectivity index (χ2v) is 8.04. The Morgan fingerprint density at radius 1 is 1.24 bits per heavy atom. The molecular formula is C16H12BrF2NO4S. The van der Waals surface area contributed by atoms with Gasteiger partial charge in [0.1, 0.15) is 16.5 Å². The number of sulfonamides is 1. The van der Waals surface area contributed by atoms with E-state index in [0.29, 0.717) is 12.0 Å². The first-order chi connectivity index (χ1) is 11.8. The van der Waals surface area contributed by atoms with E-state index in [-0.39, 0.29) is 22.3 Å². The van der Waals surface area contributed by atoms with Crippen molar-refractivity contribution in [1.82, 2.24) is 0 Å². The van der Waals surface area contributed by atoms with Gasteiger partial charge in [-0.15, -0.1) is 0 Å². The largest absolute Gasteiger partial charge is 0.465 e. The van der Waals surface area contributed by atoms with Crippen molar-refractivity contribution in [2.24, 2.45) is 0 Å². The molecule has 132 valence electrons. The molecule has 2 aromatic carbocycles. The zero-order chi connectivity index (χ0) is 18.4. The molecule has 25 heavy (non-hydrogen) atoms. The zero-order valence-electron chi connectivity index (χ0n) is 12.9. The van der Waals surface area contributed by atoms with Crippen LogP contribution in [0.25, 0.3) is 0 Å². The Kier molecular flexibility index (Phi) is 4.54. The van der Waals surface area contributed by atoms with Crippen molar-refractivity contribution in [3.63, 3.8) is 0 Å². The van der Waals surface area contributed by atoms with E-state index in [4.69, 9.17) is 0 Å². The summed E-state index contributed by atoms with van der Waals surface area (Å²) in [6.45, 7) is 0.0597. The fourth-order valence-corrected chi connectivity index (χ4v) is 4.73. The molecule has 0 amide bonds. The van der Waals surface area contributed by atoms with Gasteiger partial charge in [0.2, 0.25) is 0 Å². The Morgan fingerprint density at radius 3 is 2.64 bits per heavy atom. The minimum atomic E-state index is -4.32. The van der Waals surface area contributed by atoms with Gasteiger partial charge in [-0.2, -0.15) is 0 Å². The van der Waals surface area contributed by atoms with Crippen LogP contribution in [0.4, 0.5) is 14.5 Å². The lowest BCUT2D eigenvalue weighted by molar-refractivity contribution is 0.0599. The van der Waals surface area contributed by atoms with Gasteiger partial charge >= 0.3 is 5.97 Å². The number of carbonyl (C=O) groups is 1. The van der Waals surface area contributed by atoms with E-state index in [0.717, 1.165) is 29.6 Å². The molecule has 0 saturated carbocycles. The highest BCUT2D eigenvalue weighted by molar-refractivity contribution is 9.10. The van der Waals surface area contributed by atoms with Gasteiger partial charge in [0.15, 0.2) is 0 Å². The number of halogens is 3. The summed E-state index contributed by atoms with van der Waals surface area (Å²) in [4.78, 5) is 11.1. The van der Waals surface area contributed by atoms with Gasteiger partial charge in [0, 0.05) is 11.0 Å². The quantitative estimate of drug-likeness (QED) is 0.699. The SMILES string of the molecule is COC(=O)c1cc(S(=O)(=O)N2CCc3ccc(F)cc32)c(F)cc1Br. The average Bonchev–Trinajstić information content (AvgIpc) is 2.97. The maximum Gasteiger partial charge on any atom is 0.339 e. The minimum Gasteiger partial charge on any atom is -0.465 e. The molecule has 9 heteroatoms. The van der Waals surface area contributed by atoms with Crippen molar-refractivity contribution in [2.45, 2.75) is 11.3 Å². The number of hydrogen-bond donors (Lipinski definition) is 0. The van der Waals surface area contributed by atoms with Gasteiger partial charge in [-0.25, -0.2) is 22.0 Å². The highest BCUT2D eigenvalue weighted by Gasteiger charge is 2.34. The normalized spacial score (nSPS) is 13.7. The molecule has 1 aliphatic rings. The molecule has 0 fully saturated rings. The molecule has 3 rings (SSSR count). The standard InChI is InChI=1S/C16H12BrF2NO4S/c1-24-16(21)11-7-15(13(19)8-12(11)17)25(22,23)20-5-4-9-2-3-10(18)6-14(9)20/h2-3,6-8H,4-5H2,1H3. The highest BCUT2D eigenvalue weighted by Crippen LogP contribution is 2.35. The first kappa shape index (κ1) is 17.8. The van der Waals surface area contributed by atoms with E-state index in [2.05, 4.69) is 20.7 Å². The van der Waals surface area contributed by atoms with Gasteiger partial charge in [-0.1, -0.05) is 6.07 Å². The molecule has 0 bridgehead atoms. The number of ether oxygens (including phenoxy) is 1. The van der Waals surface area contributed by atoms with Gasteiger partial charge in [0.25, 0.3) is 10.0 Å². The lowest BCUT2D eigenvalue weighted by Gasteiger charge is -2.20. The maximum absolute atomic E-state index is 14.3. The second-order valence-electron chi connectivity index (χ2n) is 5.35. The van der Waals surface area contributed by atoms with Crippen molar-refractivity contribution in [1.29, 1.82) is 0 Å².